The molecule has 0 amide bonds. The van der Waals surface area contributed by atoms with Crippen LogP contribution in [0.15, 0.2) is 5.51 Å². The quantitative estimate of drug-likeness (QED) is 0.798. The van der Waals surface area contributed by atoms with Gasteiger partial charge >= 0.3 is 0 Å². The van der Waals surface area contributed by atoms with Crippen molar-refractivity contribution in [3.05, 3.63) is 5.51 Å². The van der Waals surface area contributed by atoms with Crippen molar-refractivity contribution in [2.24, 2.45) is 0 Å². The molecule has 0 spiro atoms. The van der Waals surface area contributed by atoms with E-state index in [1.165, 1.54) is 30.6 Å². The van der Waals surface area contributed by atoms with Crippen LogP contribution >= 0.6 is 11.3 Å². The number of methoxy groups -OCH3 is 1. The normalized spacial score (nSPS) is 19.5. The third-order valence-electron chi connectivity index (χ3n) is 2.46. The first kappa shape index (κ1) is 8.90. The molecule has 1 aromatic rings. The van der Waals surface area contributed by atoms with Gasteiger partial charge in [0.15, 0.2) is 0 Å². The minimum atomic E-state index is 0.133. The van der Waals surface area contributed by atoms with E-state index in [0.717, 1.165) is 11.7 Å². The molecule has 1 aromatic heterocycles. The Labute approximate surface area is 81.3 Å². The van der Waals surface area contributed by atoms with Crippen molar-refractivity contribution in [1.29, 1.82) is 0 Å². The Balaban J connectivity index is 1.98. The third-order valence-corrected chi connectivity index (χ3v) is 3.07. The number of ether oxygens (including phenoxy) is 1. The maximum absolute atomic E-state index is 5.19. The Bertz CT molecular complexity index is 258. The van der Waals surface area contributed by atoms with E-state index in [1.807, 2.05) is 0 Å². The molecule has 0 aromatic carbocycles. The summed E-state index contributed by atoms with van der Waals surface area (Å²) in [6.45, 7) is 0.757. The number of hydrogen-bond acceptors (Lipinski definition) is 5. The second kappa shape index (κ2) is 3.59. The highest BCUT2D eigenvalue weighted by Crippen LogP contribution is 2.35. The molecular formula is C8H13N3OS. The molecule has 1 aliphatic rings. The lowest BCUT2D eigenvalue weighted by atomic mass is 9.77. The standard InChI is InChI=1S/C8H13N3OS/c1-12-5-8(3-2-4-8)10-7-11-9-6-13-7/h6H,2-5H2,1H3,(H,10,11). The molecule has 2 rings (SSSR count). The molecule has 1 aliphatic carbocycles. The molecular weight excluding hydrogens is 186 g/mol. The third kappa shape index (κ3) is 1.81. The van der Waals surface area contributed by atoms with Crippen LogP contribution in [0.5, 0.6) is 0 Å². The monoisotopic (exact) mass is 199 g/mol. The number of rotatable bonds is 4. The molecule has 0 unspecified atom stereocenters. The van der Waals surface area contributed by atoms with Crippen molar-refractivity contribution >= 4 is 16.5 Å². The van der Waals surface area contributed by atoms with Gasteiger partial charge in [-0.15, -0.1) is 10.2 Å². The van der Waals surface area contributed by atoms with E-state index in [-0.39, 0.29) is 5.54 Å². The van der Waals surface area contributed by atoms with Crippen LogP contribution in [0.3, 0.4) is 0 Å². The van der Waals surface area contributed by atoms with Gasteiger partial charge in [-0.2, -0.15) is 0 Å². The van der Waals surface area contributed by atoms with Crippen LogP contribution in [0.1, 0.15) is 19.3 Å². The zero-order valence-corrected chi connectivity index (χ0v) is 8.43. The molecule has 1 fully saturated rings. The number of nitrogens with one attached hydrogen (secondary N) is 1. The van der Waals surface area contributed by atoms with Crippen molar-refractivity contribution in [2.45, 2.75) is 24.8 Å². The predicted octanol–water partition coefficient (Wildman–Crippen LogP) is 1.52. The number of aromatic nitrogens is 2. The van der Waals surface area contributed by atoms with Gasteiger partial charge in [-0.3, -0.25) is 0 Å². The Morgan fingerprint density at radius 2 is 2.54 bits per heavy atom. The maximum atomic E-state index is 5.19. The summed E-state index contributed by atoms with van der Waals surface area (Å²) < 4.78 is 5.19. The fourth-order valence-corrected chi connectivity index (χ4v) is 2.20. The molecule has 0 bridgehead atoms. The summed E-state index contributed by atoms with van der Waals surface area (Å²) >= 11 is 1.54. The zero-order valence-electron chi connectivity index (χ0n) is 7.62. The lowest BCUT2D eigenvalue weighted by molar-refractivity contribution is 0.0983. The summed E-state index contributed by atoms with van der Waals surface area (Å²) in [4.78, 5) is 0. The van der Waals surface area contributed by atoms with E-state index in [1.54, 1.807) is 12.6 Å². The van der Waals surface area contributed by atoms with E-state index in [4.69, 9.17) is 4.74 Å². The fraction of sp³-hybridized carbons (Fsp3) is 0.750. The average molecular weight is 199 g/mol. The molecule has 72 valence electrons. The molecule has 1 N–H and O–H groups in total. The molecule has 1 heterocycles. The molecule has 0 radical (unpaired) electrons. The summed E-state index contributed by atoms with van der Waals surface area (Å²) in [6.07, 6.45) is 3.61. The smallest absolute Gasteiger partial charge is 0.205 e. The topological polar surface area (TPSA) is 47.0 Å². The van der Waals surface area contributed by atoms with Gasteiger partial charge in [-0.25, -0.2) is 0 Å². The van der Waals surface area contributed by atoms with Gasteiger partial charge in [0.1, 0.15) is 5.51 Å². The van der Waals surface area contributed by atoms with E-state index < -0.39 is 0 Å². The molecule has 4 nitrogen and oxygen atoms in total. The van der Waals surface area contributed by atoms with Gasteiger partial charge in [0.25, 0.3) is 0 Å². The highest BCUT2D eigenvalue weighted by Gasteiger charge is 2.37. The fourth-order valence-electron chi connectivity index (χ4n) is 1.64. The average Bonchev–Trinajstić information content (AvgIpc) is 2.53. The predicted molar refractivity (Wildman–Crippen MR) is 52.0 cm³/mol. The maximum Gasteiger partial charge on any atom is 0.205 e. The van der Waals surface area contributed by atoms with Crippen molar-refractivity contribution in [3.8, 4) is 0 Å². The van der Waals surface area contributed by atoms with Gasteiger partial charge < -0.3 is 10.1 Å². The summed E-state index contributed by atoms with van der Waals surface area (Å²) in [7, 11) is 1.74. The van der Waals surface area contributed by atoms with Crippen LogP contribution in [0.2, 0.25) is 0 Å². The minimum absolute atomic E-state index is 0.133. The highest BCUT2D eigenvalue weighted by atomic mass is 32.1. The summed E-state index contributed by atoms with van der Waals surface area (Å²) in [6, 6.07) is 0. The Morgan fingerprint density at radius 3 is 3.00 bits per heavy atom. The van der Waals surface area contributed by atoms with Crippen molar-refractivity contribution < 1.29 is 4.74 Å². The second-order valence-electron chi connectivity index (χ2n) is 3.44. The minimum Gasteiger partial charge on any atom is -0.382 e. The van der Waals surface area contributed by atoms with Crippen LogP contribution < -0.4 is 5.32 Å². The van der Waals surface area contributed by atoms with Crippen molar-refractivity contribution in [3.63, 3.8) is 0 Å². The number of hydrogen-bond donors (Lipinski definition) is 1. The Hall–Kier alpha value is -0.680. The Morgan fingerprint density at radius 1 is 1.69 bits per heavy atom. The molecule has 0 atom stereocenters. The zero-order chi connectivity index (χ0) is 9.15. The first-order valence-electron chi connectivity index (χ1n) is 4.38. The van der Waals surface area contributed by atoms with E-state index in [0.29, 0.717) is 0 Å². The molecule has 5 heteroatoms. The van der Waals surface area contributed by atoms with Gasteiger partial charge in [-0.05, 0) is 19.3 Å². The highest BCUT2D eigenvalue weighted by molar-refractivity contribution is 7.13. The van der Waals surface area contributed by atoms with Crippen molar-refractivity contribution in [1.82, 2.24) is 10.2 Å². The van der Waals surface area contributed by atoms with Crippen LogP contribution in [0.25, 0.3) is 0 Å². The second-order valence-corrected chi connectivity index (χ2v) is 4.27. The molecule has 0 saturated heterocycles. The van der Waals surface area contributed by atoms with Gasteiger partial charge in [-0.1, -0.05) is 11.3 Å². The largest absolute Gasteiger partial charge is 0.382 e. The van der Waals surface area contributed by atoms with E-state index >= 15 is 0 Å². The first-order chi connectivity index (χ1) is 6.35. The van der Waals surface area contributed by atoms with Gasteiger partial charge in [0, 0.05) is 7.11 Å². The molecule has 1 saturated carbocycles. The SMILES string of the molecule is COCC1(Nc2nncs2)CCC1. The Kier molecular flexibility index (Phi) is 2.46. The molecule has 0 aliphatic heterocycles. The summed E-state index contributed by atoms with van der Waals surface area (Å²) in [5, 5.41) is 12.0. The van der Waals surface area contributed by atoms with Crippen LogP contribution in [0, 0.1) is 0 Å². The lowest BCUT2D eigenvalue weighted by Gasteiger charge is -2.41. The number of nitrogens with zero attached hydrogens (tertiary/aromatic N) is 2. The van der Waals surface area contributed by atoms with Gasteiger partial charge in [0.2, 0.25) is 5.13 Å². The molecule has 13 heavy (non-hydrogen) atoms. The lowest BCUT2D eigenvalue weighted by Crippen LogP contribution is -2.48. The first-order valence-corrected chi connectivity index (χ1v) is 5.26. The van der Waals surface area contributed by atoms with Crippen LogP contribution in [-0.4, -0.2) is 29.5 Å². The van der Waals surface area contributed by atoms with E-state index in [9.17, 15) is 0 Å². The summed E-state index contributed by atoms with van der Waals surface area (Å²) in [5.74, 6) is 0. The van der Waals surface area contributed by atoms with Crippen LogP contribution in [0.4, 0.5) is 5.13 Å². The van der Waals surface area contributed by atoms with E-state index in [2.05, 4.69) is 15.5 Å². The van der Waals surface area contributed by atoms with Gasteiger partial charge in [0.05, 0.1) is 12.1 Å². The number of anilines is 1. The summed E-state index contributed by atoms with van der Waals surface area (Å²) in [5.41, 5.74) is 1.87. The van der Waals surface area contributed by atoms with Crippen LogP contribution in [-0.2, 0) is 4.74 Å². The van der Waals surface area contributed by atoms with Crippen molar-refractivity contribution in [2.75, 3.05) is 19.0 Å².